The van der Waals surface area contributed by atoms with E-state index in [4.69, 9.17) is 23.2 Å². The summed E-state index contributed by atoms with van der Waals surface area (Å²) < 4.78 is 0. The highest BCUT2D eigenvalue weighted by Crippen LogP contribution is 2.58. The van der Waals surface area contributed by atoms with Crippen molar-refractivity contribution in [2.24, 2.45) is 5.92 Å². The Bertz CT molecular complexity index is 1130. The van der Waals surface area contributed by atoms with Gasteiger partial charge in [0.15, 0.2) is 0 Å². The normalized spacial score (nSPS) is 26.6. The number of nitro benzene ring substituents is 1. The summed E-state index contributed by atoms with van der Waals surface area (Å²) in [6.45, 7) is 0. The van der Waals surface area contributed by atoms with Crippen LogP contribution in [0.15, 0.2) is 77.7 Å². The second-order valence-electron chi connectivity index (χ2n) is 8.02. The van der Waals surface area contributed by atoms with Gasteiger partial charge in [0.2, 0.25) is 0 Å². The van der Waals surface area contributed by atoms with Gasteiger partial charge in [0.25, 0.3) is 5.69 Å². The minimum Gasteiger partial charge on any atom is -0.378 e. The number of halogens is 2. The Kier molecular flexibility index (Phi) is 5.59. The molecule has 1 saturated carbocycles. The first kappa shape index (κ1) is 20.7. The maximum Gasteiger partial charge on any atom is 0.282 e. The van der Waals surface area contributed by atoms with E-state index in [-0.39, 0.29) is 39.1 Å². The Morgan fingerprint density at radius 2 is 1.77 bits per heavy atom. The number of hydrogen-bond donors (Lipinski definition) is 1. The third-order valence-electron chi connectivity index (χ3n) is 6.27. The number of benzene rings is 3. The van der Waals surface area contributed by atoms with Crippen LogP contribution in [0.1, 0.15) is 29.5 Å². The average Bonchev–Trinajstić information content (AvgIpc) is 3.10. The number of nitro groups is 1. The third kappa shape index (κ3) is 3.79. The van der Waals surface area contributed by atoms with E-state index in [0.29, 0.717) is 9.92 Å². The van der Waals surface area contributed by atoms with Gasteiger partial charge >= 0.3 is 0 Å². The van der Waals surface area contributed by atoms with Crippen LogP contribution in [-0.4, -0.2) is 15.6 Å². The Labute approximate surface area is 195 Å². The van der Waals surface area contributed by atoms with Crippen LogP contribution < -0.4 is 5.32 Å². The molecular formula is C24H20Cl2N2O2S. The van der Waals surface area contributed by atoms with Crippen LogP contribution in [0.4, 0.5) is 11.4 Å². The summed E-state index contributed by atoms with van der Waals surface area (Å²) in [5.74, 6) is 0.373. The van der Waals surface area contributed by atoms with E-state index in [0.717, 1.165) is 17.7 Å². The average molecular weight is 471 g/mol. The molecule has 0 amide bonds. The molecule has 1 aliphatic heterocycles. The molecule has 5 atom stereocenters. The standard InChI is InChI=1S/C24H20Cl2N2O2S/c25-15-10-11-18-16(12-15)22-17(24(27-18)14-6-2-1-3-7-14)13-21(23(22)26)31-20-9-5-4-8-19(20)28(29)30/h1-12,17,21-24,27H,13H2/t17-,21+,22+,23+,24-/m0/s1. The zero-order chi connectivity index (χ0) is 21.5. The van der Waals surface area contributed by atoms with Gasteiger partial charge in [-0.05, 0) is 47.7 Å². The molecule has 1 N–H and O–H groups in total. The topological polar surface area (TPSA) is 55.2 Å². The Hall–Kier alpha value is -2.21. The largest absolute Gasteiger partial charge is 0.378 e. The Morgan fingerprint density at radius 3 is 2.55 bits per heavy atom. The fourth-order valence-electron chi connectivity index (χ4n) is 4.95. The van der Waals surface area contributed by atoms with Crippen molar-refractivity contribution < 1.29 is 4.92 Å². The number of alkyl halides is 1. The van der Waals surface area contributed by atoms with Crippen molar-refractivity contribution in [2.45, 2.75) is 33.9 Å². The molecule has 0 saturated heterocycles. The zero-order valence-electron chi connectivity index (χ0n) is 16.4. The number of fused-ring (bicyclic) bond motifs is 3. The van der Waals surface area contributed by atoms with Gasteiger partial charge in [0.05, 0.1) is 21.2 Å². The first-order valence-corrected chi connectivity index (χ1v) is 11.9. The number of thioether (sulfide) groups is 1. The molecule has 0 spiro atoms. The molecule has 3 aromatic rings. The fourth-order valence-corrected chi connectivity index (χ4v) is 7.07. The number of nitrogens with zero attached hydrogens (tertiary/aromatic N) is 1. The molecular weight excluding hydrogens is 451 g/mol. The molecule has 0 radical (unpaired) electrons. The molecule has 158 valence electrons. The van der Waals surface area contributed by atoms with Gasteiger partial charge in [0.1, 0.15) is 0 Å². The lowest BCUT2D eigenvalue weighted by Crippen LogP contribution is -2.31. The van der Waals surface area contributed by atoms with Gasteiger partial charge in [0, 0.05) is 27.9 Å². The highest BCUT2D eigenvalue weighted by atomic mass is 35.5. The van der Waals surface area contributed by atoms with Crippen molar-refractivity contribution in [2.75, 3.05) is 5.32 Å². The van der Waals surface area contributed by atoms with Gasteiger partial charge in [-0.15, -0.1) is 23.4 Å². The molecule has 0 bridgehead atoms. The first-order chi connectivity index (χ1) is 15.0. The van der Waals surface area contributed by atoms with E-state index in [1.54, 1.807) is 12.1 Å². The lowest BCUT2D eigenvalue weighted by molar-refractivity contribution is -0.387. The monoisotopic (exact) mass is 470 g/mol. The molecule has 0 unspecified atom stereocenters. The van der Waals surface area contributed by atoms with Crippen molar-refractivity contribution in [3.8, 4) is 0 Å². The second kappa shape index (κ2) is 8.38. The summed E-state index contributed by atoms with van der Waals surface area (Å²) in [6.07, 6.45) is 0.855. The number of anilines is 1. The van der Waals surface area contributed by atoms with Crippen LogP contribution in [0.3, 0.4) is 0 Å². The smallest absolute Gasteiger partial charge is 0.282 e. The molecule has 1 fully saturated rings. The molecule has 1 aliphatic carbocycles. The maximum absolute atomic E-state index is 11.5. The Balaban J connectivity index is 1.53. The molecule has 4 nitrogen and oxygen atoms in total. The minimum absolute atomic E-state index is 0.0516. The summed E-state index contributed by atoms with van der Waals surface area (Å²) in [6, 6.07) is 23.4. The van der Waals surface area contributed by atoms with Gasteiger partial charge in [-0.25, -0.2) is 0 Å². The molecule has 7 heteroatoms. The van der Waals surface area contributed by atoms with Crippen molar-refractivity contribution in [1.29, 1.82) is 0 Å². The fraction of sp³-hybridized carbons (Fsp3) is 0.250. The number of para-hydroxylation sites is 1. The number of rotatable bonds is 4. The molecule has 3 aromatic carbocycles. The first-order valence-electron chi connectivity index (χ1n) is 10.2. The molecule has 5 rings (SSSR count). The van der Waals surface area contributed by atoms with Crippen LogP contribution in [0.25, 0.3) is 0 Å². The third-order valence-corrected chi connectivity index (χ3v) is 8.62. The SMILES string of the molecule is O=[N+]([O-])c1ccccc1S[C@@H]1C[C@H]2[C@@H](c3cc(Cl)ccc3N[C@H]2c2ccccc2)[C@@H]1Cl. The van der Waals surface area contributed by atoms with Gasteiger partial charge < -0.3 is 5.32 Å². The van der Waals surface area contributed by atoms with Crippen LogP contribution in [0.5, 0.6) is 0 Å². The molecule has 2 aliphatic rings. The lowest BCUT2D eigenvalue weighted by Gasteiger charge is -2.38. The quantitative estimate of drug-likeness (QED) is 0.247. The van der Waals surface area contributed by atoms with E-state index in [9.17, 15) is 10.1 Å². The highest BCUT2D eigenvalue weighted by Gasteiger charge is 2.50. The summed E-state index contributed by atoms with van der Waals surface area (Å²) >= 11 is 15.0. The number of hydrogen-bond acceptors (Lipinski definition) is 4. The zero-order valence-corrected chi connectivity index (χ0v) is 18.8. The maximum atomic E-state index is 11.5. The van der Waals surface area contributed by atoms with Crippen molar-refractivity contribution in [3.05, 3.63) is 99.1 Å². The van der Waals surface area contributed by atoms with Crippen LogP contribution >= 0.6 is 35.0 Å². The van der Waals surface area contributed by atoms with E-state index < -0.39 is 0 Å². The van der Waals surface area contributed by atoms with Crippen molar-refractivity contribution >= 4 is 46.3 Å². The minimum atomic E-state index is -0.322. The second-order valence-corrected chi connectivity index (χ2v) is 10.2. The molecule has 1 heterocycles. The van der Waals surface area contributed by atoms with Crippen LogP contribution in [0.2, 0.25) is 5.02 Å². The summed E-state index contributed by atoms with van der Waals surface area (Å²) in [5.41, 5.74) is 3.54. The summed E-state index contributed by atoms with van der Waals surface area (Å²) in [7, 11) is 0. The predicted molar refractivity (Wildman–Crippen MR) is 127 cm³/mol. The van der Waals surface area contributed by atoms with Gasteiger partial charge in [-0.3, -0.25) is 10.1 Å². The van der Waals surface area contributed by atoms with E-state index >= 15 is 0 Å². The van der Waals surface area contributed by atoms with E-state index in [1.165, 1.54) is 17.3 Å². The molecule has 0 aromatic heterocycles. The van der Waals surface area contributed by atoms with Crippen molar-refractivity contribution in [1.82, 2.24) is 0 Å². The van der Waals surface area contributed by atoms with Crippen LogP contribution in [-0.2, 0) is 0 Å². The summed E-state index contributed by atoms with van der Waals surface area (Å²) in [5, 5.41) is 15.8. The van der Waals surface area contributed by atoms with E-state index in [2.05, 4.69) is 29.6 Å². The van der Waals surface area contributed by atoms with Crippen molar-refractivity contribution in [3.63, 3.8) is 0 Å². The predicted octanol–water partition coefficient (Wildman–Crippen LogP) is 7.29. The van der Waals surface area contributed by atoms with Gasteiger partial charge in [-0.1, -0.05) is 54.1 Å². The van der Waals surface area contributed by atoms with Crippen LogP contribution in [0, 0.1) is 16.0 Å². The van der Waals surface area contributed by atoms with Gasteiger partial charge in [-0.2, -0.15) is 0 Å². The lowest BCUT2D eigenvalue weighted by atomic mass is 9.77. The summed E-state index contributed by atoms with van der Waals surface area (Å²) in [4.78, 5) is 11.8. The number of nitrogens with one attached hydrogen (secondary N) is 1. The molecule has 31 heavy (non-hydrogen) atoms. The van der Waals surface area contributed by atoms with E-state index in [1.807, 2.05) is 36.4 Å². The highest BCUT2D eigenvalue weighted by molar-refractivity contribution is 8.00. The Morgan fingerprint density at radius 1 is 1.03 bits per heavy atom.